The van der Waals surface area contributed by atoms with E-state index < -0.39 is 16.5 Å². The molecule has 0 aromatic rings. The second-order valence-corrected chi connectivity index (χ2v) is 2.87. The molecule has 0 aromatic carbocycles. The minimum atomic E-state index is -3.20. The predicted octanol–water partition coefficient (Wildman–Crippen LogP) is -0.0580. The zero-order valence-corrected chi connectivity index (χ0v) is 7.41. The third kappa shape index (κ3) is 23.5. The summed E-state index contributed by atoms with van der Waals surface area (Å²) >= 11 is 4.55. The lowest BCUT2D eigenvalue weighted by molar-refractivity contribution is 0.369. The number of hydrogen-bond donors (Lipinski definition) is 3. The van der Waals surface area contributed by atoms with Crippen molar-refractivity contribution in [1.82, 2.24) is 0 Å². The summed E-state index contributed by atoms with van der Waals surface area (Å²) in [5, 5.41) is 7.33. The number of aliphatic hydroxyl groups is 1. The molecule has 0 bridgehead atoms. The molecule has 10 heavy (non-hydrogen) atoms. The van der Waals surface area contributed by atoms with Crippen LogP contribution in [0.2, 0.25) is 0 Å². The lowest BCUT2D eigenvalue weighted by atomic mass is 11.7. The van der Waals surface area contributed by atoms with Gasteiger partial charge in [0.1, 0.15) is 6.07 Å². The van der Waals surface area contributed by atoms with Gasteiger partial charge in [-0.25, -0.2) is 4.31 Å². The van der Waals surface area contributed by atoms with Crippen LogP contribution in [0.3, 0.4) is 0 Å². The van der Waals surface area contributed by atoms with Crippen LogP contribution in [0, 0.1) is 0 Å². The smallest absolute Gasteiger partial charge is 0.323 e. The van der Waals surface area contributed by atoms with E-state index in [1.165, 1.54) is 0 Å². The molecule has 3 N–H and O–H groups in total. The molecule has 9 heteroatoms. The molecular formula is CH7ClO6P2. The molecule has 0 fully saturated rings. The zero-order chi connectivity index (χ0) is 8.57. The van der Waals surface area contributed by atoms with Crippen molar-refractivity contribution in [2.75, 3.05) is 6.07 Å². The first kappa shape index (κ1) is 13.2. The minimum absolute atomic E-state index is 0.278. The van der Waals surface area contributed by atoms with E-state index in [0.717, 1.165) is 0 Å². The Labute approximate surface area is 63.3 Å². The van der Waals surface area contributed by atoms with E-state index in [4.69, 9.17) is 14.9 Å². The molecule has 2 unspecified atom stereocenters. The molecule has 0 heterocycles. The standard InChI is InChI=1S/CH3ClO.H4O5P2/c2-1-3;1-6(2)5-7(3)4/h3H,1H2;6-7H,(H,1,2)(H,3,4). The highest BCUT2D eigenvalue weighted by Gasteiger charge is 1.93. The Morgan fingerprint density at radius 3 is 1.50 bits per heavy atom. The molecule has 0 amide bonds. The Balaban J connectivity index is 0. The highest BCUT2D eigenvalue weighted by Crippen LogP contribution is 2.30. The molecule has 0 rings (SSSR count). The molecule has 64 valence electrons. The summed E-state index contributed by atoms with van der Waals surface area (Å²) in [5.41, 5.74) is 0. The average Bonchev–Trinajstić information content (AvgIpc) is 1.62. The summed E-state index contributed by atoms with van der Waals surface area (Å²) in [4.78, 5) is 15.4. The topological polar surface area (TPSA) is 104 Å². The fourth-order valence-electron chi connectivity index (χ4n) is 0.0747. The van der Waals surface area contributed by atoms with Crippen molar-refractivity contribution >= 4 is 28.1 Å². The Morgan fingerprint density at radius 2 is 1.50 bits per heavy atom. The highest BCUT2D eigenvalue weighted by molar-refractivity contribution is 7.46. The second-order valence-electron chi connectivity index (χ2n) is 0.753. The predicted molar refractivity (Wildman–Crippen MR) is 36.5 cm³/mol. The monoisotopic (exact) mass is 212 g/mol. The first-order chi connectivity index (χ1) is 4.54. The number of hydrogen-bond acceptors (Lipinski definition) is 4. The summed E-state index contributed by atoms with van der Waals surface area (Å²) in [5.74, 6) is 0. The number of aliphatic hydroxyl groups excluding tert-OH is 1. The summed E-state index contributed by atoms with van der Waals surface area (Å²) < 4.78 is 22.3. The summed E-state index contributed by atoms with van der Waals surface area (Å²) in [7, 11) is -6.40. The normalized spacial score (nSPS) is 14.8. The van der Waals surface area contributed by atoms with E-state index in [9.17, 15) is 9.13 Å². The van der Waals surface area contributed by atoms with Crippen molar-refractivity contribution in [3.05, 3.63) is 0 Å². The molecule has 0 radical (unpaired) electrons. The van der Waals surface area contributed by atoms with Gasteiger partial charge in [-0.05, 0) is 0 Å². The zero-order valence-electron chi connectivity index (χ0n) is 4.65. The maximum absolute atomic E-state index is 9.44. The molecular weight excluding hydrogens is 205 g/mol. The van der Waals surface area contributed by atoms with Crippen molar-refractivity contribution in [3.8, 4) is 0 Å². The Kier molecular flexibility index (Phi) is 12.7. The highest BCUT2D eigenvalue weighted by atomic mass is 35.5. The van der Waals surface area contributed by atoms with Gasteiger partial charge < -0.3 is 14.9 Å². The first-order valence-electron chi connectivity index (χ1n) is 1.85. The van der Waals surface area contributed by atoms with Gasteiger partial charge in [-0.3, -0.25) is 9.13 Å². The van der Waals surface area contributed by atoms with Crippen LogP contribution in [0.1, 0.15) is 0 Å². The third-order valence-corrected chi connectivity index (χ3v) is 1.57. The van der Waals surface area contributed by atoms with Gasteiger partial charge >= 0.3 is 16.5 Å². The number of halogens is 1. The fourth-order valence-corrected chi connectivity index (χ4v) is 0.672. The van der Waals surface area contributed by atoms with Gasteiger partial charge in [-0.1, -0.05) is 11.6 Å². The van der Waals surface area contributed by atoms with Crippen LogP contribution in [-0.4, -0.2) is 21.0 Å². The molecule has 6 nitrogen and oxygen atoms in total. The van der Waals surface area contributed by atoms with Gasteiger partial charge in [0.15, 0.2) is 0 Å². The van der Waals surface area contributed by atoms with E-state index in [-0.39, 0.29) is 6.07 Å². The van der Waals surface area contributed by atoms with Crippen LogP contribution in [0.4, 0.5) is 0 Å². The van der Waals surface area contributed by atoms with E-state index in [1.807, 2.05) is 0 Å². The third-order valence-electron chi connectivity index (χ3n) is 0.175. The molecule has 0 aromatic heterocycles. The molecule has 2 atom stereocenters. The summed E-state index contributed by atoms with van der Waals surface area (Å²) in [6.07, 6.45) is 0. The van der Waals surface area contributed by atoms with E-state index in [0.29, 0.717) is 0 Å². The van der Waals surface area contributed by atoms with Gasteiger partial charge in [-0.15, -0.1) is 0 Å². The maximum atomic E-state index is 9.44. The van der Waals surface area contributed by atoms with Crippen LogP contribution in [-0.2, 0) is 13.4 Å². The Bertz CT molecular complexity index is 102. The van der Waals surface area contributed by atoms with Crippen molar-refractivity contribution in [3.63, 3.8) is 0 Å². The number of alkyl halides is 1. The fraction of sp³-hybridized carbons (Fsp3) is 1.00. The minimum Gasteiger partial charge on any atom is -0.381 e. The van der Waals surface area contributed by atoms with Crippen molar-refractivity contribution in [2.24, 2.45) is 0 Å². The SMILES string of the molecule is O=[PH](O)O[PH](=O)O.OCCl. The quantitative estimate of drug-likeness (QED) is 0.438. The van der Waals surface area contributed by atoms with Gasteiger partial charge in [-0.2, -0.15) is 0 Å². The van der Waals surface area contributed by atoms with E-state index >= 15 is 0 Å². The molecule has 0 aliphatic heterocycles. The average molecular weight is 212 g/mol. The first-order valence-corrected chi connectivity index (χ1v) is 4.91. The van der Waals surface area contributed by atoms with Crippen LogP contribution in [0.25, 0.3) is 0 Å². The molecule has 0 aliphatic carbocycles. The molecule has 0 saturated heterocycles. The van der Waals surface area contributed by atoms with Gasteiger partial charge in [0.05, 0.1) is 0 Å². The van der Waals surface area contributed by atoms with Gasteiger partial charge in [0.2, 0.25) is 0 Å². The number of rotatable bonds is 2. The largest absolute Gasteiger partial charge is 0.381 e. The lowest BCUT2D eigenvalue weighted by Crippen LogP contribution is -1.58. The van der Waals surface area contributed by atoms with Crippen molar-refractivity contribution in [1.29, 1.82) is 0 Å². The molecule has 0 aliphatic rings. The Hall–Kier alpha value is 0.590. The Morgan fingerprint density at radius 1 is 1.30 bits per heavy atom. The second kappa shape index (κ2) is 9.59. The van der Waals surface area contributed by atoms with E-state index in [1.54, 1.807) is 0 Å². The lowest BCUT2D eigenvalue weighted by Gasteiger charge is -1.86. The summed E-state index contributed by atoms with van der Waals surface area (Å²) in [6, 6.07) is -0.278. The van der Waals surface area contributed by atoms with Gasteiger partial charge in [0.25, 0.3) is 0 Å². The maximum Gasteiger partial charge on any atom is 0.323 e. The van der Waals surface area contributed by atoms with Crippen LogP contribution in [0.5, 0.6) is 0 Å². The van der Waals surface area contributed by atoms with Gasteiger partial charge in [0, 0.05) is 0 Å². The molecule has 0 saturated carbocycles. The van der Waals surface area contributed by atoms with Crippen LogP contribution in [0.15, 0.2) is 0 Å². The van der Waals surface area contributed by atoms with Crippen LogP contribution < -0.4 is 0 Å². The van der Waals surface area contributed by atoms with Crippen LogP contribution >= 0.6 is 28.1 Å². The molecule has 0 spiro atoms. The summed E-state index contributed by atoms with van der Waals surface area (Å²) in [6.45, 7) is 0. The van der Waals surface area contributed by atoms with E-state index in [2.05, 4.69) is 15.9 Å². The van der Waals surface area contributed by atoms with Crippen molar-refractivity contribution < 1.29 is 28.3 Å². The van der Waals surface area contributed by atoms with Crippen molar-refractivity contribution in [2.45, 2.75) is 0 Å².